The van der Waals surface area contributed by atoms with E-state index in [1.54, 1.807) is 19.1 Å². The number of nitrogens with one attached hydrogen (secondary N) is 1. The number of halogens is 1. The SMILES string of the molecule is Cc1ccc(Cl)cc1S(=O)(=O)Nc1cccc(C(=O)O)n1. The van der Waals surface area contributed by atoms with Gasteiger partial charge in [0.15, 0.2) is 5.69 Å². The number of aromatic nitrogens is 1. The minimum Gasteiger partial charge on any atom is -0.477 e. The van der Waals surface area contributed by atoms with E-state index in [-0.39, 0.29) is 21.4 Å². The molecule has 0 fully saturated rings. The summed E-state index contributed by atoms with van der Waals surface area (Å²) in [7, 11) is -3.90. The van der Waals surface area contributed by atoms with Crippen LogP contribution in [0.4, 0.5) is 5.82 Å². The molecule has 1 aromatic heterocycles. The Morgan fingerprint density at radius 3 is 2.67 bits per heavy atom. The summed E-state index contributed by atoms with van der Waals surface area (Å²) in [6, 6.07) is 8.52. The van der Waals surface area contributed by atoms with E-state index in [1.165, 1.54) is 24.3 Å². The summed E-state index contributed by atoms with van der Waals surface area (Å²) >= 11 is 5.81. The first-order chi connectivity index (χ1) is 9.79. The molecule has 0 unspecified atom stereocenters. The maximum absolute atomic E-state index is 12.3. The van der Waals surface area contributed by atoms with Gasteiger partial charge in [-0.2, -0.15) is 0 Å². The molecule has 1 aromatic carbocycles. The van der Waals surface area contributed by atoms with Crippen molar-refractivity contribution >= 4 is 33.4 Å². The van der Waals surface area contributed by atoms with Crippen LogP contribution in [0.3, 0.4) is 0 Å². The number of aromatic carboxylic acids is 1. The Balaban J connectivity index is 2.40. The average molecular weight is 327 g/mol. The highest BCUT2D eigenvalue weighted by Crippen LogP contribution is 2.22. The zero-order valence-corrected chi connectivity index (χ0v) is 12.4. The fraction of sp³-hybridized carbons (Fsp3) is 0.0769. The summed E-state index contributed by atoms with van der Waals surface area (Å²) in [6.45, 7) is 1.63. The standard InChI is InChI=1S/C13H11ClN2O4S/c1-8-5-6-9(14)7-11(8)21(19,20)16-12-4-2-3-10(15-12)13(17)18/h2-7H,1H3,(H,15,16)(H,17,18). The van der Waals surface area contributed by atoms with E-state index in [0.717, 1.165) is 0 Å². The second-order valence-electron chi connectivity index (χ2n) is 4.23. The van der Waals surface area contributed by atoms with Crippen LogP contribution in [0.5, 0.6) is 0 Å². The minimum atomic E-state index is -3.90. The molecule has 8 heteroatoms. The molecular formula is C13H11ClN2O4S. The van der Waals surface area contributed by atoms with Gasteiger partial charge in [-0.25, -0.2) is 18.2 Å². The number of nitrogens with zero attached hydrogens (tertiary/aromatic N) is 1. The van der Waals surface area contributed by atoms with Crippen LogP contribution in [0.2, 0.25) is 5.02 Å². The molecule has 2 N–H and O–H groups in total. The second kappa shape index (κ2) is 5.71. The number of hydrogen-bond acceptors (Lipinski definition) is 4. The van der Waals surface area contributed by atoms with Gasteiger partial charge in [-0.15, -0.1) is 0 Å². The van der Waals surface area contributed by atoms with Crippen LogP contribution in [0, 0.1) is 6.92 Å². The predicted octanol–water partition coefficient (Wildman–Crippen LogP) is 2.54. The van der Waals surface area contributed by atoms with Gasteiger partial charge in [-0.3, -0.25) is 4.72 Å². The highest BCUT2D eigenvalue weighted by atomic mass is 35.5. The zero-order chi connectivity index (χ0) is 15.6. The molecule has 0 atom stereocenters. The van der Waals surface area contributed by atoms with Crippen LogP contribution < -0.4 is 4.72 Å². The number of pyridine rings is 1. The van der Waals surface area contributed by atoms with Gasteiger partial charge in [0.05, 0.1) is 4.90 Å². The lowest BCUT2D eigenvalue weighted by atomic mass is 10.2. The molecule has 0 aliphatic carbocycles. The Morgan fingerprint density at radius 1 is 1.29 bits per heavy atom. The number of hydrogen-bond donors (Lipinski definition) is 2. The lowest BCUT2D eigenvalue weighted by Crippen LogP contribution is -2.16. The summed E-state index contributed by atoms with van der Waals surface area (Å²) in [4.78, 5) is 14.6. The number of sulfonamides is 1. The van der Waals surface area contributed by atoms with Crippen LogP contribution in [-0.2, 0) is 10.0 Å². The summed E-state index contributed by atoms with van der Waals surface area (Å²) in [5, 5.41) is 9.13. The van der Waals surface area contributed by atoms with Crippen LogP contribution in [-0.4, -0.2) is 24.5 Å². The van der Waals surface area contributed by atoms with E-state index in [9.17, 15) is 13.2 Å². The van der Waals surface area contributed by atoms with Crippen molar-refractivity contribution < 1.29 is 18.3 Å². The third kappa shape index (κ3) is 3.50. The molecule has 110 valence electrons. The largest absolute Gasteiger partial charge is 0.477 e. The molecule has 0 aliphatic heterocycles. The number of anilines is 1. The van der Waals surface area contributed by atoms with Crippen molar-refractivity contribution in [3.8, 4) is 0 Å². The molecule has 0 aliphatic rings. The Bertz CT molecular complexity index is 806. The molecule has 0 bridgehead atoms. The van der Waals surface area contributed by atoms with Crippen molar-refractivity contribution in [3.05, 3.63) is 52.7 Å². The molecule has 6 nitrogen and oxygen atoms in total. The highest BCUT2D eigenvalue weighted by Gasteiger charge is 2.18. The van der Waals surface area contributed by atoms with Crippen molar-refractivity contribution in [2.75, 3.05) is 4.72 Å². The molecule has 0 radical (unpaired) electrons. The van der Waals surface area contributed by atoms with E-state index in [2.05, 4.69) is 9.71 Å². The molecule has 1 heterocycles. The van der Waals surface area contributed by atoms with Crippen LogP contribution >= 0.6 is 11.6 Å². The molecule has 0 saturated carbocycles. The quantitative estimate of drug-likeness (QED) is 0.900. The summed E-state index contributed by atoms with van der Waals surface area (Å²) in [5.41, 5.74) is 0.263. The number of carbonyl (C=O) groups is 1. The first-order valence-electron chi connectivity index (χ1n) is 5.79. The fourth-order valence-corrected chi connectivity index (χ4v) is 3.18. The molecule has 0 amide bonds. The van der Waals surface area contributed by atoms with Crippen LogP contribution in [0.25, 0.3) is 0 Å². The summed E-state index contributed by atoms with van der Waals surface area (Å²) in [6.07, 6.45) is 0. The lowest BCUT2D eigenvalue weighted by Gasteiger charge is -2.10. The number of rotatable bonds is 4. The molecule has 21 heavy (non-hydrogen) atoms. The van der Waals surface area contributed by atoms with Gasteiger partial charge in [0.25, 0.3) is 10.0 Å². The van der Waals surface area contributed by atoms with Gasteiger partial charge in [0.2, 0.25) is 0 Å². The Hall–Kier alpha value is -2.12. The van der Waals surface area contributed by atoms with E-state index in [0.29, 0.717) is 5.56 Å². The Kier molecular flexibility index (Phi) is 4.15. The number of carboxylic acids is 1. The third-order valence-electron chi connectivity index (χ3n) is 2.65. The Labute approximate surface area is 126 Å². The van der Waals surface area contributed by atoms with E-state index in [4.69, 9.17) is 16.7 Å². The summed E-state index contributed by atoms with van der Waals surface area (Å²) < 4.78 is 26.8. The minimum absolute atomic E-state index is 0.0116. The smallest absolute Gasteiger partial charge is 0.354 e. The van der Waals surface area contributed by atoms with Crippen LogP contribution in [0.1, 0.15) is 16.1 Å². The van der Waals surface area contributed by atoms with Crippen molar-refractivity contribution in [2.45, 2.75) is 11.8 Å². The van der Waals surface area contributed by atoms with Gasteiger partial charge in [-0.1, -0.05) is 23.7 Å². The van der Waals surface area contributed by atoms with Crippen LogP contribution in [0.15, 0.2) is 41.3 Å². The molecule has 0 saturated heterocycles. The lowest BCUT2D eigenvalue weighted by molar-refractivity contribution is 0.0690. The van der Waals surface area contributed by atoms with Crippen molar-refractivity contribution in [3.63, 3.8) is 0 Å². The molecule has 2 rings (SSSR count). The van der Waals surface area contributed by atoms with Crippen molar-refractivity contribution in [1.29, 1.82) is 0 Å². The molecule has 2 aromatic rings. The maximum Gasteiger partial charge on any atom is 0.354 e. The van der Waals surface area contributed by atoms with Gasteiger partial charge in [0.1, 0.15) is 5.82 Å². The van der Waals surface area contributed by atoms with Crippen molar-refractivity contribution in [1.82, 2.24) is 4.98 Å². The first-order valence-corrected chi connectivity index (χ1v) is 7.65. The molecule has 0 spiro atoms. The van der Waals surface area contributed by atoms with E-state index in [1.807, 2.05) is 0 Å². The van der Waals surface area contributed by atoms with E-state index < -0.39 is 16.0 Å². The van der Waals surface area contributed by atoms with Gasteiger partial charge in [-0.05, 0) is 36.8 Å². The zero-order valence-electron chi connectivity index (χ0n) is 10.9. The molecular weight excluding hydrogens is 316 g/mol. The summed E-state index contributed by atoms with van der Waals surface area (Å²) in [5.74, 6) is -1.32. The van der Waals surface area contributed by atoms with E-state index >= 15 is 0 Å². The number of aryl methyl sites for hydroxylation is 1. The number of benzene rings is 1. The monoisotopic (exact) mass is 326 g/mol. The topological polar surface area (TPSA) is 96.4 Å². The predicted molar refractivity (Wildman–Crippen MR) is 78.2 cm³/mol. The average Bonchev–Trinajstić information content (AvgIpc) is 2.41. The first kappa shape index (κ1) is 15.3. The number of carboxylic acid groups (broad SMARTS) is 1. The maximum atomic E-state index is 12.3. The second-order valence-corrected chi connectivity index (χ2v) is 6.32. The normalized spacial score (nSPS) is 11.1. The van der Waals surface area contributed by atoms with Gasteiger partial charge in [0, 0.05) is 5.02 Å². The van der Waals surface area contributed by atoms with Gasteiger partial charge < -0.3 is 5.11 Å². The highest BCUT2D eigenvalue weighted by molar-refractivity contribution is 7.92. The fourth-order valence-electron chi connectivity index (χ4n) is 1.67. The third-order valence-corrected chi connectivity index (χ3v) is 4.38. The van der Waals surface area contributed by atoms with Gasteiger partial charge >= 0.3 is 5.97 Å². The van der Waals surface area contributed by atoms with Crippen molar-refractivity contribution in [2.24, 2.45) is 0 Å². The Morgan fingerprint density at radius 2 is 2.00 bits per heavy atom.